The Hall–Kier alpha value is -0.540. The Balaban J connectivity index is 2.56. The number of nitrogens with zero attached hydrogens (tertiary/aromatic N) is 1. The predicted octanol–water partition coefficient (Wildman–Crippen LogP) is 2.66. The normalized spacial score (nSPS) is 13.6. The van der Waals surface area contributed by atoms with Crippen molar-refractivity contribution >= 4 is 29.2 Å². The van der Waals surface area contributed by atoms with Gasteiger partial charge in [0, 0.05) is 4.88 Å². The summed E-state index contributed by atoms with van der Waals surface area (Å²) in [5, 5.41) is 5.38. The fourth-order valence-electron chi connectivity index (χ4n) is 0.636. The number of alkyl halides is 1. The average Bonchev–Trinajstić information content (AvgIpc) is 2.52. The summed E-state index contributed by atoms with van der Waals surface area (Å²) in [4.78, 5) is 5.58. The van der Waals surface area contributed by atoms with Crippen molar-refractivity contribution in [3.63, 3.8) is 0 Å². The van der Waals surface area contributed by atoms with Crippen molar-refractivity contribution in [3.05, 3.63) is 22.4 Å². The lowest BCUT2D eigenvalue weighted by atomic mass is 10.4. The van der Waals surface area contributed by atoms with Crippen LogP contribution < -0.4 is 0 Å². The first-order valence-electron chi connectivity index (χ1n) is 3.08. The topological polar surface area (TPSA) is 21.6 Å². The summed E-state index contributed by atoms with van der Waals surface area (Å²) in [6, 6.07) is 3.92. The van der Waals surface area contributed by atoms with Crippen LogP contribution >= 0.6 is 22.9 Å². The fraction of sp³-hybridized carbons (Fsp3) is 0.286. The molecule has 0 saturated carbocycles. The van der Waals surface area contributed by atoms with Gasteiger partial charge in [0.2, 0.25) is 0 Å². The Morgan fingerprint density at radius 1 is 1.82 bits per heavy atom. The SMILES string of the molecule is CO/N=C/C(Cl)c1cccs1. The van der Waals surface area contributed by atoms with Gasteiger partial charge in [0.05, 0.1) is 6.21 Å². The lowest BCUT2D eigenvalue weighted by Gasteiger charge is -1.96. The molecule has 1 heterocycles. The second kappa shape index (κ2) is 4.36. The largest absolute Gasteiger partial charge is 0.399 e. The number of thiophene rings is 1. The van der Waals surface area contributed by atoms with E-state index in [2.05, 4.69) is 9.99 Å². The highest BCUT2D eigenvalue weighted by Crippen LogP contribution is 2.22. The van der Waals surface area contributed by atoms with Gasteiger partial charge in [-0.15, -0.1) is 22.9 Å². The molecule has 1 atom stereocenters. The average molecular weight is 190 g/mol. The first-order valence-corrected chi connectivity index (χ1v) is 4.40. The molecular formula is C7H8ClNOS. The Kier molecular flexibility index (Phi) is 3.39. The maximum Gasteiger partial charge on any atom is 0.106 e. The smallest absolute Gasteiger partial charge is 0.106 e. The molecule has 1 rings (SSSR count). The summed E-state index contributed by atoms with van der Waals surface area (Å²) in [6.45, 7) is 0. The van der Waals surface area contributed by atoms with Gasteiger partial charge < -0.3 is 4.84 Å². The van der Waals surface area contributed by atoms with Gasteiger partial charge in [0.1, 0.15) is 12.5 Å². The molecule has 2 nitrogen and oxygen atoms in total. The van der Waals surface area contributed by atoms with Crippen LogP contribution in [0.25, 0.3) is 0 Å². The van der Waals surface area contributed by atoms with Crippen LogP contribution in [0.4, 0.5) is 0 Å². The molecule has 0 bridgehead atoms. The molecule has 60 valence electrons. The summed E-state index contributed by atoms with van der Waals surface area (Å²) >= 11 is 7.51. The van der Waals surface area contributed by atoms with E-state index in [4.69, 9.17) is 11.6 Å². The van der Waals surface area contributed by atoms with E-state index in [0.717, 1.165) is 4.88 Å². The number of hydrogen-bond donors (Lipinski definition) is 0. The van der Waals surface area contributed by atoms with E-state index in [1.165, 1.54) is 7.11 Å². The lowest BCUT2D eigenvalue weighted by molar-refractivity contribution is 0.214. The molecule has 4 heteroatoms. The number of oxime groups is 1. The Morgan fingerprint density at radius 3 is 3.18 bits per heavy atom. The predicted molar refractivity (Wildman–Crippen MR) is 48.4 cm³/mol. The molecule has 0 aliphatic rings. The molecule has 1 unspecified atom stereocenters. The van der Waals surface area contributed by atoms with Gasteiger partial charge >= 0.3 is 0 Å². The minimum absolute atomic E-state index is 0.171. The highest BCUT2D eigenvalue weighted by Gasteiger charge is 2.04. The van der Waals surface area contributed by atoms with Crippen LogP contribution in [0.2, 0.25) is 0 Å². The van der Waals surface area contributed by atoms with Crippen molar-refractivity contribution in [3.8, 4) is 0 Å². The zero-order valence-electron chi connectivity index (χ0n) is 6.03. The van der Waals surface area contributed by atoms with E-state index in [9.17, 15) is 0 Å². The first kappa shape index (κ1) is 8.56. The summed E-state index contributed by atoms with van der Waals surface area (Å²) in [5.74, 6) is 0. The van der Waals surface area contributed by atoms with Crippen LogP contribution in [0, 0.1) is 0 Å². The summed E-state index contributed by atoms with van der Waals surface area (Å²) in [5.41, 5.74) is 0. The Labute approximate surface area is 74.4 Å². The van der Waals surface area contributed by atoms with E-state index in [-0.39, 0.29) is 5.38 Å². The molecule has 0 spiro atoms. The van der Waals surface area contributed by atoms with Crippen molar-refractivity contribution in [2.24, 2.45) is 5.16 Å². The first-order chi connectivity index (χ1) is 5.34. The Bertz CT molecular complexity index is 222. The van der Waals surface area contributed by atoms with E-state index < -0.39 is 0 Å². The maximum absolute atomic E-state index is 5.91. The second-order valence-electron chi connectivity index (χ2n) is 1.85. The van der Waals surface area contributed by atoms with Crippen LogP contribution in [0.5, 0.6) is 0 Å². The molecule has 11 heavy (non-hydrogen) atoms. The summed E-state index contributed by atoms with van der Waals surface area (Å²) in [6.07, 6.45) is 1.56. The number of hydrogen-bond acceptors (Lipinski definition) is 3. The van der Waals surface area contributed by atoms with Crippen LogP contribution in [0.15, 0.2) is 22.7 Å². The molecular weight excluding hydrogens is 182 g/mol. The van der Waals surface area contributed by atoms with Gasteiger partial charge in [0.15, 0.2) is 0 Å². The Morgan fingerprint density at radius 2 is 2.64 bits per heavy atom. The highest BCUT2D eigenvalue weighted by atomic mass is 35.5. The molecule has 1 aromatic rings. The van der Waals surface area contributed by atoms with Crippen LogP contribution in [-0.2, 0) is 4.84 Å². The van der Waals surface area contributed by atoms with Gasteiger partial charge in [-0.05, 0) is 11.4 Å². The molecule has 0 aliphatic heterocycles. The van der Waals surface area contributed by atoms with Gasteiger partial charge in [-0.1, -0.05) is 11.2 Å². The van der Waals surface area contributed by atoms with E-state index in [1.807, 2.05) is 17.5 Å². The number of halogens is 1. The lowest BCUT2D eigenvalue weighted by Crippen LogP contribution is -1.87. The minimum Gasteiger partial charge on any atom is -0.399 e. The molecule has 0 radical (unpaired) electrons. The highest BCUT2D eigenvalue weighted by molar-refractivity contribution is 7.10. The molecule has 0 N–H and O–H groups in total. The standard InChI is InChI=1S/C7H8ClNOS/c1-10-9-5-6(8)7-3-2-4-11-7/h2-6H,1H3/b9-5+. The van der Waals surface area contributed by atoms with Crippen molar-refractivity contribution in [1.82, 2.24) is 0 Å². The summed E-state index contributed by atoms with van der Waals surface area (Å²) < 4.78 is 0. The van der Waals surface area contributed by atoms with Crippen molar-refractivity contribution < 1.29 is 4.84 Å². The molecule has 0 saturated heterocycles. The monoisotopic (exact) mass is 189 g/mol. The van der Waals surface area contributed by atoms with E-state index in [1.54, 1.807) is 17.6 Å². The van der Waals surface area contributed by atoms with Gasteiger partial charge in [-0.3, -0.25) is 0 Å². The zero-order valence-corrected chi connectivity index (χ0v) is 7.60. The quantitative estimate of drug-likeness (QED) is 0.407. The molecule has 0 fully saturated rings. The third-order valence-corrected chi connectivity index (χ3v) is 2.54. The maximum atomic E-state index is 5.91. The third kappa shape index (κ3) is 2.52. The number of rotatable bonds is 3. The van der Waals surface area contributed by atoms with Crippen LogP contribution in [-0.4, -0.2) is 13.3 Å². The molecule has 0 aliphatic carbocycles. The fourth-order valence-corrected chi connectivity index (χ4v) is 1.57. The van der Waals surface area contributed by atoms with Gasteiger partial charge in [-0.25, -0.2) is 0 Å². The molecule has 1 aromatic heterocycles. The van der Waals surface area contributed by atoms with Crippen LogP contribution in [0.1, 0.15) is 10.3 Å². The zero-order chi connectivity index (χ0) is 8.10. The second-order valence-corrected chi connectivity index (χ2v) is 3.30. The van der Waals surface area contributed by atoms with Crippen molar-refractivity contribution in [1.29, 1.82) is 0 Å². The van der Waals surface area contributed by atoms with Gasteiger partial charge in [0.25, 0.3) is 0 Å². The minimum atomic E-state index is -0.171. The molecule has 0 amide bonds. The van der Waals surface area contributed by atoms with E-state index in [0.29, 0.717) is 0 Å². The molecule has 0 aromatic carbocycles. The van der Waals surface area contributed by atoms with Gasteiger partial charge in [-0.2, -0.15) is 0 Å². The third-order valence-electron chi connectivity index (χ3n) is 1.11. The van der Waals surface area contributed by atoms with Crippen molar-refractivity contribution in [2.45, 2.75) is 5.38 Å². The van der Waals surface area contributed by atoms with E-state index >= 15 is 0 Å². The van der Waals surface area contributed by atoms with Crippen molar-refractivity contribution in [2.75, 3.05) is 7.11 Å². The van der Waals surface area contributed by atoms with Crippen LogP contribution in [0.3, 0.4) is 0 Å². The summed E-state index contributed by atoms with van der Waals surface area (Å²) in [7, 11) is 1.49.